The van der Waals surface area contributed by atoms with Crippen LogP contribution in [0.2, 0.25) is 0 Å². The fourth-order valence-electron chi connectivity index (χ4n) is 3.37. The summed E-state index contributed by atoms with van der Waals surface area (Å²) < 4.78 is 13.1. The van der Waals surface area contributed by atoms with Crippen molar-refractivity contribution in [1.29, 1.82) is 0 Å². The molecule has 0 saturated carbocycles. The number of fused-ring (bicyclic) bond motifs is 1. The van der Waals surface area contributed by atoms with E-state index in [-0.39, 0.29) is 11.7 Å². The third kappa shape index (κ3) is 2.44. The van der Waals surface area contributed by atoms with Crippen molar-refractivity contribution in [3.63, 3.8) is 0 Å². The number of pyridine rings is 2. The summed E-state index contributed by atoms with van der Waals surface area (Å²) in [6.07, 6.45) is 6.96. The molecule has 0 radical (unpaired) electrons. The Morgan fingerprint density at radius 2 is 2.19 bits per heavy atom. The summed E-state index contributed by atoms with van der Waals surface area (Å²) in [7, 11) is 0. The smallest absolute Gasteiger partial charge is 0.141 e. The number of halogens is 1. The van der Waals surface area contributed by atoms with Crippen molar-refractivity contribution in [1.82, 2.24) is 9.97 Å². The predicted octanol–water partition coefficient (Wildman–Crippen LogP) is 3.30. The summed E-state index contributed by atoms with van der Waals surface area (Å²) in [5.74, 6) is -0.204. The van der Waals surface area contributed by atoms with Gasteiger partial charge in [0.2, 0.25) is 0 Å². The topological polar surface area (TPSA) is 51.8 Å². The van der Waals surface area contributed by atoms with Gasteiger partial charge in [-0.25, -0.2) is 4.39 Å². The molecule has 2 N–H and O–H groups in total. The number of nitrogens with two attached hydrogens (primary N) is 1. The van der Waals surface area contributed by atoms with Crippen LogP contribution in [0.4, 0.5) is 4.39 Å². The number of aryl methyl sites for hydroxylation is 1. The Morgan fingerprint density at radius 1 is 1.33 bits per heavy atom. The Morgan fingerprint density at radius 3 is 2.90 bits per heavy atom. The molecular weight excluding hydrogens is 265 g/mol. The lowest BCUT2D eigenvalue weighted by molar-refractivity contribution is 0.295. The first-order valence-corrected chi connectivity index (χ1v) is 7.50. The van der Waals surface area contributed by atoms with Crippen molar-refractivity contribution in [3.05, 3.63) is 59.4 Å². The van der Waals surface area contributed by atoms with Crippen LogP contribution >= 0.6 is 0 Å². The van der Waals surface area contributed by atoms with Gasteiger partial charge in [-0.15, -0.1) is 0 Å². The van der Waals surface area contributed by atoms with Gasteiger partial charge in [-0.1, -0.05) is 13.0 Å². The van der Waals surface area contributed by atoms with Crippen LogP contribution in [0.3, 0.4) is 0 Å². The first-order valence-electron chi connectivity index (χ1n) is 7.50. The maximum absolute atomic E-state index is 13.1. The van der Waals surface area contributed by atoms with Crippen molar-refractivity contribution in [2.45, 2.75) is 44.1 Å². The van der Waals surface area contributed by atoms with Gasteiger partial charge in [0.05, 0.1) is 17.4 Å². The highest BCUT2D eigenvalue weighted by Gasteiger charge is 2.40. The normalized spacial score (nSPS) is 20.6. The zero-order valence-corrected chi connectivity index (χ0v) is 12.2. The number of rotatable bonds is 3. The highest BCUT2D eigenvalue weighted by atomic mass is 19.1. The fraction of sp³-hybridized carbons (Fsp3) is 0.412. The third-order valence-corrected chi connectivity index (χ3v) is 4.61. The second-order valence-corrected chi connectivity index (χ2v) is 5.75. The predicted molar refractivity (Wildman–Crippen MR) is 80.3 cm³/mol. The van der Waals surface area contributed by atoms with E-state index in [1.807, 2.05) is 12.3 Å². The van der Waals surface area contributed by atoms with E-state index in [9.17, 15) is 4.39 Å². The summed E-state index contributed by atoms with van der Waals surface area (Å²) in [5, 5.41) is 0. The molecule has 1 aliphatic rings. The van der Waals surface area contributed by atoms with Gasteiger partial charge in [0.25, 0.3) is 0 Å². The van der Waals surface area contributed by atoms with Crippen molar-refractivity contribution in [2.75, 3.05) is 0 Å². The van der Waals surface area contributed by atoms with Crippen LogP contribution in [0.1, 0.15) is 49.1 Å². The zero-order chi connectivity index (χ0) is 14.9. The largest absolute Gasteiger partial charge is 0.320 e. The fourth-order valence-corrected chi connectivity index (χ4v) is 3.37. The van der Waals surface area contributed by atoms with E-state index in [1.54, 1.807) is 6.07 Å². The molecule has 2 aromatic rings. The Labute approximate surface area is 124 Å². The average Bonchev–Trinajstić information content (AvgIpc) is 2.54. The van der Waals surface area contributed by atoms with E-state index in [4.69, 9.17) is 5.73 Å². The first-order chi connectivity index (χ1) is 10.1. The lowest BCUT2D eigenvalue weighted by Gasteiger charge is -2.39. The summed E-state index contributed by atoms with van der Waals surface area (Å²) in [4.78, 5) is 8.82. The molecule has 0 amide bonds. The van der Waals surface area contributed by atoms with Crippen LogP contribution in [-0.2, 0) is 12.0 Å². The number of nitrogens with zero attached hydrogens (tertiary/aromatic N) is 2. The molecule has 4 heteroatoms. The van der Waals surface area contributed by atoms with Gasteiger partial charge in [-0.05, 0) is 49.4 Å². The van der Waals surface area contributed by atoms with Crippen LogP contribution in [0.25, 0.3) is 0 Å². The van der Waals surface area contributed by atoms with Crippen LogP contribution in [-0.4, -0.2) is 9.97 Å². The van der Waals surface area contributed by atoms with E-state index in [2.05, 4.69) is 23.0 Å². The molecular formula is C17H20FN3. The monoisotopic (exact) mass is 285 g/mol. The standard InChI is InChI=1S/C17H20FN3/c1-2-17(19,15-9-8-13(18)11-21-15)14-7-3-5-12-6-4-10-20-16(12)14/h4,6,8-11,14H,2-3,5,7,19H2,1H3. The number of hydrogen-bond donors (Lipinski definition) is 1. The van der Waals surface area contributed by atoms with Crippen LogP contribution in [0.5, 0.6) is 0 Å². The molecule has 0 bridgehead atoms. The molecule has 0 fully saturated rings. The highest BCUT2D eigenvalue weighted by molar-refractivity contribution is 5.32. The molecule has 3 rings (SSSR count). The lowest BCUT2D eigenvalue weighted by Crippen LogP contribution is -2.44. The molecule has 3 nitrogen and oxygen atoms in total. The van der Waals surface area contributed by atoms with Gasteiger partial charge in [0, 0.05) is 17.8 Å². The molecule has 110 valence electrons. The average molecular weight is 285 g/mol. The highest BCUT2D eigenvalue weighted by Crippen LogP contribution is 2.43. The van der Waals surface area contributed by atoms with Gasteiger partial charge in [0.15, 0.2) is 0 Å². The summed E-state index contributed by atoms with van der Waals surface area (Å²) in [5.41, 5.74) is 9.24. The van der Waals surface area contributed by atoms with E-state index in [0.717, 1.165) is 37.1 Å². The molecule has 21 heavy (non-hydrogen) atoms. The number of hydrogen-bond acceptors (Lipinski definition) is 3. The Balaban J connectivity index is 2.06. The molecule has 0 aliphatic heterocycles. The Bertz CT molecular complexity index is 626. The van der Waals surface area contributed by atoms with E-state index in [1.165, 1.54) is 17.8 Å². The van der Waals surface area contributed by atoms with Crippen molar-refractivity contribution >= 4 is 0 Å². The summed E-state index contributed by atoms with van der Waals surface area (Å²) >= 11 is 0. The maximum atomic E-state index is 13.1. The van der Waals surface area contributed by atoms with E-state index in [0.29, 0.717) is 0 Å². The molecule has 2 heterocycles. The SMILES string of the molecule is CCC(N)(c1ccc(F)cn1)C1CCCc2cccnc21. The molecule has 2 unspecified atom stereocenters. The minimum absolute atomic E-state index is 0.130. The molecule has 0 aromatic carbocycles. The van der Waals surface area contributed by atoms with E-state index < -0.39 is 5.54 Å². The lowest BCUT2D eigenvalue weighted by atomic mass is 9.71. The van der Waals surface area contributed by atoms with Crippen LogP contribution < -0.4 is 5.73 Å². The van der Waals surface area contributed by atoms with Crippen molar-refractivity contribution in [2.24, 2.45) is 5.73 Å². The second-order valence-electron chi connectivity index (χ2n) is 5.75. The van der Waals surface area contributed by atoms with Gasteiger partial charge < -0.3 is 5.73 Å². The number of aromatic nitrogens is 2. The summed E-state index contributed by atoms with van der Waals surface area (Å²) in [6, 6.07) is 7.24. The van der Waals surface area contributed by atoms with Crippen LogP contribution in [0.15, 0.2) is 36.7 Å². The van der Waals surface area contributed by atoms with Gasteiger partial charge >= 0.3 is 0 Å². The minimum atomic E-state index is -0.600. The van der Waals surface area contributed by atoms with Crippen LogP contribution in [0, 0.1) is 5.82 Å². The summed E-state index contributed by atoms with van der Waals surface area (Å²) in [6.45, 7) is 2.06. The Kier molecular flexibility index (Phi) is 3.72. The molecule has 1 aliphatic carbocycles. The zero-order valence-electron chi connectivity index (χ0n) is 12.2. The second kappa shape index (κ2) is 5.53. The van der Waals surface area contributed by atoms with Gasteiger partial charge in [-0.2, -0.15) is 0 Å². The first kappa shape index (κ1) is 14.1. The minimum Gasteiger partial charge on any atom is -0.320 e. The quantitative estimate of drug-likeness (QED) is 0.941. The molecule has 0 saturated heterocycles. The molecule has 0 spiro atoms. The molecule has 2 aromatic heterocycles. The van der Waals surface area contributed by atoms with E-state index >= 15 is 0 Å². The van der Waals surface area contributed by atoms with Crippen molar-refractivity contribution < 1.29 is 4.39 Å². The Hall–Kier alpha value is -1.81. The molecule has 2 atom stereocenters. The van der Waals surface area contributed by atoms with Gasteiger partial charge in [0.1, 0.15) is 5.82 Å². The van der Waals surface area contributed by atoms with Gasteiger partial charge in [-0.3, -0.25) is 9.97 Å². The van der Waals surface area contributed by atoms with Crippen molar-refractivity contribution in [3.8, 4) is 0 Å². The third-order valence-electron chi connectivity index (χ3n) is 4.61. The maximum Gasteiger partial charge on any atom is 0.141 e.